The van der Waals surface area contributed by atoms with Gasteiger partial charge in [0.05, 0.1) is 5.92 Å². The summed E-state index contributed by atoms with van der Waals surface area (Å²) in [7, 11) is 0. The minimum atomic E-state index is -0.176. The van der Waals surface area contributed by atoms with Gasteiger partial charge >= 0.3 is 0 Å². The molecule has 0 bridgehead atoms. The van der Waals surface area contributed by atoms with Gasteiger partial charge in [0, 0.05) is 19.0 Å². The molecule has 4 nitrogen and oxygen atoms in total. The van der Waals surface area contributed by atoms with Crippen LogP contribution in [0.1, 0.15) is 37.8 Å². The van der Waals surface area contributed by atoms with E-state index in [4.69, 9.17) is 10.5 Å². The molecule has 0 aromatic heterocycles. The maximum atomic E-state index is 12.2. The summed E-state index contributed by atoms with van der Waals surface area (Å²) in [6.07, 6.45) is 3.76. The van der Waals surface area contributed by atoms with Crippen molar-refractivity contribution in [2.24, 2.45) is 11.7 Å². The first-order valence-corrected chi connectivity index (χ1v) is 7.79. The van der Waals surface area contributed by atoms with Crippen molar-refractivity contribution in [3.8, 4) is 5.75 Å². The Bertz CT molecular complexity index is 550. The van der Waals surface area contributed by atoms with Crippen LogP contribution in [0.4, 0.5) is 0 Å². The number of rotatable bonds is 5. The molecule has 0 spiro atoms. The molecule has 21 heavy (non-hydrogen) atoms. The van der Waals surface area contributed by atoms with Crippen molar-refractivity contribution in [3.63, 3.8) is 0 Å². The quantitative estimate of drug-likeness (QED) is 0.868. The topological polar surface area (TPSA) is 64.4 Å². The lowest BCUT2D eigenvalue weighted by Gasteiger charge is -2.20. The third kappa shape index (κ3) is 3.21. The fraction of sp³-hybridized carbons (Fsp3) is 0.588. The second kappa shape index (κ2) is 5.34. The van der Waals surface area contributed by atoms with Crippen LogP contribution in [0.2, 0.25) is 0 Å². The Labute approximate surface area is 126 Å². The number of hydrogen-bond acceptors (Lipinski definition) is 3. The number of carbonyl (C=O) groups is 1. The molecule has 1 aliphatic carbocycles. The highest BCUT2D eigenvalue weighted by Gasteiger charge is 2.33. The van der Waals surface area contributed by atoms with Crippen molar-refractivity contribution in [1.82, 2.24) is 5.32 Å². The number of hydrogen-bond donors (Lipinski definition) is 2. The predicted molar refractivity (Wildman–Crippen MR) is 82.3 cm³/mol. The highest BCUT2D eigenvalue weighted by atomic mass is 16.5. The van der Waals surface area contributed by atoms with E-state index in [1.165, 1.54) is 5.56 Å². The van der Waals surface area contributed by atoms with Gasteiger partial charge in [-0.05, 0) is 44.2 Å². The summed E-state index contributed by atoms with van der Waals surface area (Å²) in [6, 6.07) is 6.58. The van der Waals surface area contributed by atoms with Gasteiger partial charge in [-0.3, -0.25) is 4.79 Å². The van der Waals surface area contributed by atoms with E-state index in [2.05, 4.69) is 25.2 Å². The molecule has 1 saturated carbocycles. The second-order valence-electron chi connectivity index (χ2n) is 6.86. The molecule has 1 aromatic rings. The van der Waals surface area contributed by atoms with Crippen LogP contribution in [-0.4, -0.2) is 24.1 Å². The molecule has 4 heteroatoms. The van der Waals surface area contributed by atoms with E-state index < -0.39 is 0 Å². The van der Waals surface area contributed by atoms with Crippen LogP contribution in [-0.2, 0) is 17.6 Å². The lowest BCUT2D eigenvalue weighted by molar-refractivity contribution is -0.124. The molecule has 1 heterocycles. The molecular weight excluding hydrogens is 264 g/mol. The zero-order chi connectivity index (χ0) is 15.0. The van der Waals surface area contributed by atoms with Crippen LogP contribution in [0.25, 0.3) is 0 Å². The highest BCUT2D eigenvalue weighted by molar-refractivity contribution is 5.80. The largest absolute Gasteiger partial charge is 0.487 e. The van der Waals surface area contributed by atoms with Crippen molar-refractivity contribution in [3.05, 3.63) is 29.3 Å². The van der Waals surface area contributed by atoms with Crippen molar-refractivity contribution in [2.45, 2.75) is 51.2 Å². The van der Waals surface area contributed by atoms with E-state index in [0.29, 0.717) is 19.0 Å². The number of fused-ring (bicyclic) bond motifs is 1. The van der Waals surface area contributed by atoms with E-state index in [0.717, 1.165) is 30.6 Å². The molecule has 2 aliphatic rings. The number of ether oxygens (including phenoxy) is 1. The zero-order valence-electron chi connectivity index (χ0n) is 12.8. The Morgan fingerprint density at radius 3 is 2.90 bits per heavy atom. The Kier molecular flexibility index (Phi) is 3.66. The Hall–Kier alpha value is -1.55. The van der Waals surface area contributed by atoms with Gasteiger partial charge in [0.1, 0.15) is 11.4 Å². The fourth-order valence-electron chi connectivity index (χ4n) is 2.94. The molecular formula is C17H24N2O2. The van der Waals surface area contributed by atoms with Crippen molar-refractivity contribution in [1.29, 1.82) is 0 Å². The van der Waals surface area contributed by atoms with Gasteiger partial charge < -0.3 is 15.8 Å². The second-order valence-corrected chi connectivity index (χ2v) is 6.86. The van der Waals surface area contributed by atoms with Crippen LogP contribution in [0.15, 0.2) is 18.2 Å². The van der Waals surface area contributed by atoms with Gasteiger partial charge in [-0.2, -0.15) is 0 Å². The summed E-state index contributed by atoms with van der Waals surface area (Å²) in [4.78, 5) is 12.2. The standard InChI is InChI=1S/C17H24N2O2/c1-17(2)9-12-5-3-4-11(15(12)21-17)8-13(10-18)16(20)19-14-6-7-14/h3-5,13-14H,6-10,18H2,1-2H3,(H,19,20). The smallest absolute Gasteiger partial charge is 0.224 e. The first kappa shape index (κ1) is 14.4. The number of carbonyl (C=O) groups excluding carboxylic acids is 1. The SMILES string of the molecule is CC1(C)Cc2cccc(CC(CN)C(=O)NC3CC3)c2O1. The Morgan fingerprint density at radius 2 is 2.24 bits per heavy atom. The lowest BCUT2D eigenvalue weighted by Crippen LogP contribution is -2.37. The molecule has 3 N–H and O–H groups in total. The Balaban J connectivity index is 1.75. The molecule has 1 aromatic carbocycles. The van der Waals surface area contributed by atoms with Crippen molar-refractivity contribution >= 4 is 5.91 Å². The van der Waals surface area contributed by atoms with E-state index >= 15 is 0 Å². The summed E-state index contributed by atoms with van der Waals surface area (Å²) >= 11 is 0. The van der Waals surface area contributed by atoms with Crippen molar-refractivity contribution < 1.29 is 9.53 Å². The molecule has 1 fully saturated rings. The third-order valence-corrected chi connectivity index (χ3v) is 4.22. The van der Waals surface area contributed by atoms with Gasteiger partial charge in [0.25, 0.3) is 0 Å². The average Bonchev–Trinajstić information content (AvgIpc) is 3.16. The fourth-order valence-corrected chi connectivity index (χ4v) is 2.94. The number of nitrogens with one attached hydrogen (secondary N) is 1. The molecule has 1 unspecified atom stereocenters. The third-order valence-electron chi connectivity index (χ3n) is 4.22. The van der Waals surface area contributed by atoms with Gasteiger partial charge in [-0.1, -0.05) is 18.2 Å². The maximum Gasteiger partial charge on any atom is 0.224 e. The van der Waals surface area contributed by atoms with Crippen LogP contribution in [0, 0.1) is 5.92 Å². The first-order valence-electron chi connectivity index (χ1n) is 7.79. The molecule has 1 aliphatic heterocycles. The van der Waals surface area contributed by atoms with Crippen molar-refractivity contribution in [2.75, 3.05) is 6.54 Å². The van der Waals surface area contributed by atoms with Crippen LogP contribution >= 0.6 is 0 Å². The number of benzene rings is 1. The number of amides is 1. The zero-order valence-corrected chi connectivity index (χ0v) is 12.8. The minimum absolute atomic E-state index is 0.0786. The summed E-state index contributed by atoms with van der Waals surface area (Å²) in [6.45, 7) is 4.56. The van der Waals surface area contributed by atoms with E-state index in [1.807, 2.05) is 12.1 Å². The summed E-state index contributed by atoms with van der Waals surface area (Å²) in [5.41, 5.74) is 7.98. The molecule has 0 saturated heterocycles. The van der Waals surface area contributed by atoms with Crippen LogP contribution < -0.4 is 15.8 Å². The molecule has 1 amide bonds. The number of nitrogens with two attached hydrogens (primary N) is 1. The molecule has 3 rings (SSSR count). The minimum Gasteiger partial charge on any atom is -0.487 e. The predicted octanol–water partition coefficient (Wildman–Crippen LogP) is 1.80. The highest BCUT2D eigenvalue weighted by Crippen LogP contribution is 2.38. The Morgan fingerprint density at radius 1 is 1.48 bits per heavy atom. The van der Waals surface area contributed by atoms with Gasteiger partial charge in [0.15, 0.2) is 0 Å². The van der Waals surface area contributed by atoms with Gasteiger partial charge in [-0.25, -0.2) is 0 Å². The van der Waals surface area contributed by atoms with E-state index in [9.17, 15) is 4.79 Å². The van der Waals surface area contributed by atoms with E-state index in [-0.39, 0.29) is 17.4 Å². The van der Waals surface area contributed by atoms with E-state index in [1.54, 1.807) is 0 Å². The van der Waals surface area contributed by atoms with Crippen LogP contribution in [0.3, 0.4) is 0 Å². The summed E-state index contributed by atoms with van der Waals surface area (Å²) < 4.78 is 6.07. The summed E-state index contributed by atoms with van der Waals surface area (Å²) in [5, 5.41) is 3.05. The van der Waals surface area contributed by atoms with Gasteiger partial charge in [0.2, 0.25) is 5.91 Å². The molecule has 0 radical (unpaired) electrons. The maximum absolute atomic E-state index is 12.2. The molecule has 1 atom stereocenters. The monoisotopic (exact) mass is 288 g/mol. The van der Waals surface area contributed by atoms with Crippen LogP contribution in [0.5, 0.6) is 5.75 Å². The lowest BCUT2D eigenvalue weighted by atomic mass is 9.95. The first-order chi connectivity index (χ1) is 9.98. The summed E-state index contributed by atoms with van der Waals surface area (Å²) in [5.74, 6) is 0.861. The van der Waals surface area contributed by atoms with Gasteiger partial charge in [-0.15, -0.1) is 0 Å². The normalized spacial score (nSPS) is 20.5. The number of para-hydroxylation sites is 1. The average molecular weight is 288 g/mol. The molecule has 114 valence electrons.